The Morgan fingerprint density at radius 2 is 1.88 bits per heavy atom. The molecule has 1 aromatic heterocycles. The van der Waals surface area contributed by atoms with E-state index in [1.165, 1.54) is 36.5 Å². The molecule has 0 aliphatic heterocycles. The lowest BCUT2D eigenvalue weighted by Crippen LogP contribution is -2.24. The molecule has 0 unspecified atom stereocenters. The van der Waals surface area contributed by atoms with Crippen LogP contribution < -0.4 is 5.32 Å². The zero-order valence-electron chi connectivity index (χ0n) is 13.8. The number of hydrogen-bond donors (Lipinski definition) is 2. The number of nitrogens with one attached hydrogen (secondary N) is 2. The first-order valence-corrected chi connectivity index (χ1v) is 7.89. The van der Waals surface area contributed by atoms with Gasteiger partial charge in [-0.05, 0) is 37.3 Å². The van der Waals surface area contributed by atoms with E-state index in [9.17, 15) is 18.8 Å². The number of rotatable bonds is 5. The fraction of sp³-hybridized carbons (Fsp3) is 0.105. The summed E-state index contributed by atoms with van der Waals surface area (Å²) in [5, 5.41) is 2.87. The molecule has 0 aliphatic rings. The number of aromatic nitrogens is 1. The minimum Gasteiger partial charge on any atom is -0.462 e. The van der Waals surface area contributed by atoms with Crippen molar-refractivity contribution in [3.63, 3.8) is 0 Å². The van der Waals surface area contributed by atoms with E-state index >= 15 is 0 Å². The SMILES string of the molecule is CCOC(=O)c1ccccc1NC(=O)C(=O)c1c[nH]c2cc(F)ccc12. The van der Waals surface area contributed by atoms with Gasteiger partial charge in [0.1, 0.15) is 5.82 Å². The number of amides is 1. The van der Waals surface area contributed by atoms with Crippen LogP contribution >= 0.6 is 0 Å². The number of halogens is 1. The van der Waals surface area contributed by atoms with Gasteiger partial charge < -0.3 is 15.0 Å². The van der Waals surface area contributed by atoms with Gasteiger partial charge in [-0.15, -0.1) is 0 Å². The molecule has 3 aromatic rings. The summed E-state index contributed by atoms with van der Waals surface area (Å²) < 4.78 is 18.2. The van der Waals surface area contributed by atoms with Gasteiger partial charge in [0, 0.05) is 17.1 Å². The van der Waals surface area contributed by atoms with Gasteiger partial charge in [-0.3, -0.25) is 9.59 Å². The van der Waals surface area contributed by atoms with Gasteiger partial charge in [-0.1, -0.05) is 12.1 Å². The van der Waals surface area contributed by atoms with Crippen molar-refractivity contribution in [2.24, 2.45) is 0 Å². The van der Waals surface area contributed by atoms with E-state index in [1.54, 1.807) is 19.1 Å². The molecule has 0 fully saturated rings. The number of hydrogen-bond acceptors (Lipinski definition) is 4. The number of benzene rings is 2. The Balaban J connectivity index is 1.86. The molecule has 2 N–H and O–H groups in total. The summed E-state index contributed by atoms with van der Waals surface area (Å²) >= 11 is 0. The summed E-state index contributed by atoms with van der Waals surface area (Å²) in [7, 11) is 0. The molecule has 0 atom stereocenters. The van der Waals surface area contributed by atoms with Crippen LogP contribution in [0, 0.1) is 5.82 Å². The normalized spacial score (nSPS) is 10.5. The number of anilines is 1. The van der Waals surface area contributed by atoms with Crippen LogP contribution in [0.25, 0.3) is 10.9 Å². The number of carbonyl (C=O) groups is 3. The Morgan fingerprint density at radius 3 is 2.65 bits per heavy atom. The molecule has 6 nitrogen and oxygen atoms in total. The van der Waals surface area contributed by atoms with Crippen molar-refractivity contribution in [1.82, 2.24) is 4.98 Å². The standard InChI is InChI=1S/C19H15FN2O4/c1-2-26-19(25)13-5-3-4-6-15(13)22-18(24)17(23)14-10-21-16-9-11(20)7-8-12(14)16/h3-10,21H,2H2,1H3,(H,22,24). The minimum atomic E-state index is -0.910. The average Bonchev–Trinajstić information content (AvgIpc) is 3.04. The summed E-state index contributed by atoms with van der Waals surface area (Å²) in [5.74, 6) is -2.77. The molecule has 26 heavy (non-hydrogen) atoms. The maximum atomic E-state index is 13.2. The van der Waals surface area contributed by atoms with Crippen LogP contribution in [0.3, 0.4) is 0 Å². The number of Topliss-reactive ketones (excluding diaryl/α,β-unsaturated/α-hetero) is 1. The van der Waals surface area contributed by atoms with Gasteiger partial charge in [0.15, 0.2) is 0 Å². The second-order valence-electron chi connectivity index (χ2n) is 5.44. The first-order valence-electron chi connectivity index (χ1n) is 7.89. The van der Waals surface area contributed by atoms with Crippen molar-refractivity contribution in [3.05, 3.63) is 65.6 Å². The molecule has 132 valence electrons. The fourth-order valence-electron chi connectivity index (χ4n) is 2.57. The number of carbonyl (C=O) groups excluding carboxylic acids is 3. The van der Waals surface area contributed by atoms with Gasteiger partial charge >= 0.3 is 5.97 Å². The first kappa shape index (κ1) is 17.3. The van der Waals surface area contributed by atoms with E-state index in [2.05, 4.69) is 10.3 Å². The van der Waals surface area contributed by atoms with Gasteiger partial charge in [0.2, 0.25) is 0 Å². The molecule has 0 radical (unpaired) electrons. The lowest BCUT2D eigenvalue weighted by Gasteiger charge is -2.09. The van der Waals surface area contributed by atoms with Crippen molar-refractivity contribution in [2.45, 2.75) is 6.92 Å². The second-order valence-corrected chi connectivity index (χ2v) is 5.44. The predicted molar refractivity (Wildman–Crippen MR) is 93.6 cm³/mol. The van der Waals surface area contributed by atoms with Crippen LogP contribution in [0.5, 0.6) is 0 Å². The quantitative estimate of drug-likeness (QED) is 0.418. The predicted octanol–water partition coefficient (Wildman–Crippen LogP) is 3.31. The molecular formula is C19H15FN2O4. The Morgan fingerprint density at radius 1 is 1.12 bits per heavy atom. The maximum Gasteiger partial charge on any atom is 0.340 e. The molecule has 1 heterocycles. The summed E-state index contributed by atoms with van der Waals surface area (Å²) in [5.41, 5.74) is 0.853. The number of fused-ring (bicyclic) bond motifs is 1. The summed E-state index contributed by atoms with van der Waals surface area (Å²) in [6, 6.07) is 10.1. The Kier molecular flexibility index (Phi) is 4.79. The average molecular weight is 354 g/mol. The number of esters is 1. The summed E-state index contributed by atoms with van der Waals surface area (Å²) in [6.07, 6.45) is 1.35. The zero-order valence-corrected chi connectivity index (χ0v) is 13.8. The van der Waals surface area contributed by atoms with E-state index < -0.39 is 23.5 Å². The number of H-pyrrole nitrogens is 1. The van der Waals surface area contributed by atoms with E-state index in [0.717, 1.165) is 0 Å². The lowest BCUT2D eigenvalue weighted by atomic mass is 10.1. The van der Waals surface area contributed by atoms with Crippen LogP contribution in [-0.4, -0.2) is 29.3 Å². The minimum absolute atomic E-state index is 0.117. The van der Waals surface area contributed by atoms with Gasteiger partial charge in [0.25, 0.3) is 11.7 Å². The molecule has 0 spiro atoms. The van der Waals surface area contributed by atoms with Crippen LogP contribution in [0.15, 0.2) is 48.7 Å². The van der Waals surface area contributed by atoms with Gasteiger partial charge in [-0.2, -0.15) is 0 Å². The van der Waals surface area contributed by atoms with Gasteiger partial charge in [0.05, 0.1) is 23.4 Å². The highest BCUT2D eigenvalue weighted by molar-refractivity contribution is 6.48. The van der Waals surface area contributed by atoms with E-state index in [4.69, 9.17) is 4.74 Å². The van der Waals surface area contributed by atoms with E-state index in [-0.39, 0.29) is 23.4 Å². The smallest absolute Gasteiger partial charge is 0.340 e. The van der Waals surface area contributed by atoms with Crippen LogP contribution in [0.1, 0.15) is 27.6 Å². The molecule has 0 aliphatic carbocycles. The highest BCUT2D eigenvalue weighted by atomic mass is 19.1. The number of aromatic amines is 1. The van der Waals surface area contributed by atoms with Crippen LogP contribution in [0.2, 0.25) is 0 Å². The van der Waals surface area contributed by atoms with Crippen LogP contribution in [0.4, 0.5) is 10.1 Å². The molecule has 0 saturated heterocycles. The van der Waals surface area contributed by atoms with Gasteiger partial charge in [-0.25, -0.2) is 9.18 Å². The van der Waals surface area contributed by atoms with Crippen molar-refractivity contribution >= 4 is 34.3 Å². The number of para-hydroxylation sites is 1. The van der Waals surface area contributed by atoms with Crippen LogP contribution in [-0.2, 0) is 9.53 Å². The number of ketones is 1. The molecule has 0 saturated carbocycles. The second kappa shape index (κ2) is 7.18. The molecule has 1 amide bonds. The largest absolute Gasteiger partial charge is 0.462 e. The topological polar surface area (TPSA) is 88.3 Å². The summed E-state index contributed by atoms with van der Waals surface area (Å²) in [6.45, 7) is 1.86. The van der Waals surface area contributed by atoms with E-state index in [1.807, 2.05) is 0 Å². The highest BCUT2D eigenvalue weighted by Crippen LogP contribution is 2.21. The fourth-order valence-corrected chi connectivity index (χ4v) is 2.57. The lowest BCUT2D eigenvalue weighted by molar-refractivity contribution is -0.112. The third-order valence-electron chi connectivity index (χ3n) is 3.77. The van der Waals surface area contributed by atoms with E-state index in [0.29, 0.717) is 10.9 Å². The molecule has 2 aromatic carbocycles. The molecule has 7 heteroatoms. The third-order valence-corrected chi connectivity index (χ3v) is 3.77. The molecule has 3 rings (SSSR count). The Bertz CT molecular complexity index is 1010. The number of ether oxygens (including phenoxy) is 1. The van der Waals surface area contributed by atoms with Crippen molar-refractivity contribution in [2.75, 3.05) is 11.9 Å². The monoisotopic (exact) mass is 354 g/mol. The van der Waals surface area contributed by atoms with Crippen molar-refractivity contribution in [3.8, 4) is 0 Å². The zero-order chi connectivity index (χ0) is 18.7. The highest BCUT2D eigenvalue weighted by Gasteiger charge is 2.22. The van der Waals surface area contributed by atoms with Crippen molar-refractivity contribution < 1.29 is 23.5 Å². The first-order chi connectivity index (χ1) is 12.5. The Hall–Kier alpha value is -3.48. The maximum absolute atomic E-state index is 13.2. The summed E-state index contributed by atoms with van der Waals surface area (Å²) in [4.78, 5) is 39.5. The third kappa shape index (κ3) is 3.32. The van der Waals surface area contributed by atoms with Crippen molar-refractivity contribution in [1.29, 1.82) is 0 Å². The Labute approximate surface area is 148 Å². The molecule has 0 bridgehead atoms. The molecular weight excluding hydrogens is 339 g/mol.